The summed E-state index contributed by atoms with van der Waals surface area (Å²) in [6.45, 7) is 8.17. The van der Waals surface area contributed by atoms with Crippen molar-refractivity contribution >= 4 is 35.9 Å². The number of furan rings is 1. The zero-order valence-corrected chi connectivity index (χ0v) is 18.1. The number of likely N-dealkylation sites (tertiary alicyclic amines) is 1. The van der Waals surface area contributed by atoms with E-state index in [-0.39, 0.29) is 42.4 Å². The molecule has 0 spiro atoms. The molecule has 148 valence electrons. The van der Waals surface area contributed by atoms with Gasteiger partial charge in [0, 0.05) is 19.6 Å². The number of nitrogens with zero attached hydrogens (tertiary/aromatic N) is 2. The average Bonchev–Trinajstić information content (AvgIpc) is 3.14. The Morgan fingerprint density at radius 3 is 2.92 bits per heavy atom. The van der Waals surface area contributed by atoms with Crippen LogP contribution in [0.2, 0.25) is 0 Å². The van der Waals surface area contributed by atoms with E-state index in [1.807, 2.05) is 13.8 Å². The van der Waals surface area contributed by atoms with E-state index >= 15 is 0 Å². The molecule has 2 rings (SSSR count). The van der Waals surface area contributed by atoms with Crippen LogP contribution in [0.15, 0.2) is 27.8 Å². The Labute approximate surface area is 172 Å². The number of piperidine rings is 1. The average molecular weight is 479 g/mol. The molecular weight excluding hydrogens is 449 g/mol. The van der Waals surface area contributed by atoms with Crippen molar-refractivity contribution in [1.29, 1.82) is 0 Å². The Bertz CT molecular complexity index is 575. The zero-order chi connectivity index (χ0) is 18.3. The van der Waals surface area contributed by atoms with Gasteiger partial charge in [-0.3, -0.25) is 4.79 Å². The number of aliphatic imine (C=N–C) groups is 1. The number of nitrogens with one attached hydrogen (secondary N) is 1. The van der Waals surface area contributed by atoms with Crippen LogP contribution in [0.3, 0.4) is 0 Å². The van der Waals surface area contributed by atoms with Gasteiger partial charge in [-0.15, -0.1) is 24.0 Å². The minimum absolute atomic E-state index is 0. The quantitative estimate of drug-likeness (QED) is 0.282. The number of aliphatic hydroxyl groups is 1. The van der Waals surface area contributed by atoms with Gasteiger partial charge in [0.25, 0.3) is 0 Å². The van der Waals surface area contributed by atoms with Gasteiger partial charge >= 0.3 is 5.97 Å². The van der Waals surface area contributed by atoms with Gasteiger partial charge in [0.1, 0.15) is 11.4 Å². The van der Waals surface area contributed by atoms with Crippen molar-refractivity contribution in [2.24, 2.45) is 10.9 Å². The maximum atomic E-state index is 12.0. The Morgan fingerprint density at radius 2 is 2.31 bits per heavy atom. The molecule has 0 aromatic carbocycles. The summed E-state index contributed by atoms with van der Waals surface area (Å²) < 4.78 is 10.5. The number of carbonyl (C=O) groups is 1. The molecule has 0 saturated carbocycles. The standard InChI is InChI=1S/C18H29N3O4.HI/c1-4-19-17(20-13-18(3,23)15-9-7-11-25-15)21-10-6-8-14(12-21)16(22)24-5-2;/h7,9,11,14,23H,4-6,8,10,12-13H2,1-3H3,(H,19,20);1H. The fourth-order valence-electron chi connectivity index (χ4n) is 2.94. The summed E-state index contributed by atoms with van der Waals surface area (Å²) in [5.41, 5.74) is -1.18. The van der Waals surface area contributed by atoms with E-state index < -0.39 is 5.60 Å². The van der Waals surface area contributed by atoms with Crippen LogP contribution in [0.5, 0.6) is 0 Å². The van der Waals surface area contributed by atoms with E-state index in [4.69, 9.17) is 9.15 Å². The lowest BCUT2D eigenvalue weighted by Crippen LogP contribution is -2.48. The molecular formula is C18H30IN3O4. The normalized spacial score (nSPS) is 20.1. The Kier molecular flexibility index (Phi) is 9.42. The van der Waals surface area contributed by atoms with Crippen LogP contribution in [0.4, 0.5) is 0 Å². The summed E-state index contributed by atoms with van der Waals surface area (Å²) in [7, 11) is 0. The molecule has 26 heavy (non-hydrogen) atoms. The first-order valence-electron chi connectivity index (χ1n) is 8.94. The molecule has 1 aliphatic heterocycles. The van der Waals surface area contributed by atoms with E-state index in [2.05, 4.69) is 15.2 Å². The van der Waals surface area contributed by atoms with Crippen LogP contribution >= 0.6 is 24.0 Å². The smallest absolute Gasteiger partial charge is 0.310 e. The number of esters is 1. The van der Waals surface area contributed by atoms with Crippen molar-refractivity contribution in [3.05, 3.63) is 24.2 Å². The first-order valence-corrected chi connectivity index (χ1v) is 8.94. The van der Waals surface area contributed by atoms with Gasteiger partial charge in [0.15, 0.2) is 5.96 Å². The monoisotopic (exact) mass is 479 g/mol. The lowest BCUT2D eigenvalue weighted by Gasteiger charge is -2.34. The topological polar surface area (TPSA) is 87.3 Å². The first kappa shape index (κ1) is 22.8. The maximum absolute atomic E-state index is 12.0. The number of hydrogen-bond donors (Lipinski definition) is 2. The minimum atomic E-state index is -1.18. The second-order valence-electron chi connectivity index (χ2n) is 6.46. The molecule has 0 bridgehead atoms. The number of carbonyl (C=O) groups excluding carboxylic acids is 1. The molecule has 0 amide bonds. The van der Waals surface area contributed by atoms with Crippen molar-refractivity contribution in [2.75, 3.05) is 32.8 Å². The third-order valence-corrected chi connectivity index (χ3v) is 4.26. The molecule has 2 unspecified atom stereocenters. The molecule has 2 N–H and O–H groups in total. The molecule has 1 aromatic heterocycles. The molecule has 7 nitrogen and oxygen atoms in total. The summed E-state index contributed by atoms with van der Waals surface area (Å²) >= 11 is 0. The van der Waals surface area contributed by atoms with Crippen molar-refractivity contribution in [3.8, 4) is 0 Å². The lowest BCUT2D eigenvalue weighted by atomic mass is 9.98. The van der Waals surface area contributed by atoms with Crippen LogP contribution in [0.1, 0.15) is 39.4 Å². The predicted molar refractivity (Wildman–Crippen MR) is 111 cm³/mol. The van der Waals surface area contributed by atoms with Gasteiger partial charge < -0.3 is 24.5 Å². The SMILES string of the molecule is CCNC(=NCC(C)(O)c1ccco1)N1CCCC(C(=O)OCC)C1.I. The summed E-state index contributed by atoms with van der Waals surface area (Å²) in [5, 5.41) is 13.8. The van der Waals surface area contributed by atoms with Gasteiger partial charge in [0.2, 0.25) is 0 Å². The third kappa shape index (κ3) is 6.15. The van der Waals surface area contributed by atoms with Crippen molar-refractivity contribution in [3.63, 3.8) is 0 Å². The minimum Gasteiger partial charge on any atom is -0.466 e. The van der Waals surface area contributed by atoms with Gasteiger partial charge in [-0.2, -0.15) is 0 Å². The van der Waals surface area contributed by atoms with Gasteiger partial charge in [-0.1, -0.05) is 0 Å². The van der Waals surface area contributed by atoms with Gasteiger partial charge in [0.05, 0.1) is 25.3 Å². The van der Waals surface area contributed by atoms with E-state index in [0.29, 0.717) is 31.4 Å². The molecule has 1 aromatic rings. The van der Waals surface area contributed by atoms with E-state index in [0.717, 1.165) is 19.4 Å². The summed E-state index contributed by atoms with van der Waals surface area (Å²) in [5.74, 6) is 0.896. The number of ether oxygens (including phenoxy) is 1. The highest BCUT2D eigenvalue weighted by atomic mass is 127. The van der Waals surface area contributed by atoms with Gasteiger partial charge in [-0.25, -0.2) is 4.99 Å². The highest BCUT2D eigenvalue weighted by Gasteiger charge is 2.30. The second kappa shape index (κ2) is 10.8. The Hall–Kier alpha value is -1.29. The number of halogens is 1. The molecule has 8 heteroatoms. The summed E-state index contributed by atoms with van der Waals surface area (Å²) in [4.78, 5) is 18.7. The van der Waals surface area contributed by atoms with Crippen LogP contribution in [-0.2, 0) is 15.1 Å². The van der Waals surface area contributed by atoms with Crippen LogP contribution in [-0.4, -0.2) is 54.7 Å². The molecule has 1 aliphatic rings. The van der Waals surface area contributed by atoms with Crippen LogP contribution < -0.4 is 5.32 Å². The second-order valence-corrected chi connectivity index (χ2v) is 6.46. The van der Waals surface area contributed by atoms with E-state index in [1.165, 1.54) is 6.26 Å². The van der Waals surface area contributed by atoms with Crippen LogP contribution in [0.25, 0.3) is 0 Å². The molecule has 2 heterocycles. The maximum Gasteiger partial charge on any atom is 0.310 e. The fourth-order valence-corrected chi connectivity index (χ4v) is 2.94. The highest BCUT2D eigenvalue weighted by molar-refractivity contribution is 14.0. The number of hydrogen-bond acceptors (Lipinski definition) is 5. The Balaban J connectivity index is 0.00000338. The molecule has 0 radical (unpaired) electrons. The highest BCUT2D eigenvalue weighted by Crippen LogP contribution is 2.22. The number of rotatable bonds is 6. The lowest BCUT2D eigenvalue weighted by molar-refractivity contribution is -0.149. The van der Waals surface area contributed by atoms with Crippen molar-refractivity contribution in [1.82, 2.24) is 10.2 Å². The predicted octanol–water partition coefficient (Wildman–Crippen LogP) is 2.35. The molecule has 1 saturated heterocycles. The van der Waals surface area contributed by atoms with E-state index in [1.54, 1.807) is 19.1 Å². The van der Waals surface area contributed by atoms with Crippen LogP contribution in [0, 0.1) is 5.92 Å². The van der Waals surface area contributed by atoms with E-state index in [9.17, 15) is 9.90 Å². The third-order valence-electron chi connectivity index (χ3n) is 4.26. The first-order chi connectivity index (χ1) is 12.0. The summed E-state index contributed by atoms with van der Waals surface area (Å²) in [6.07, 6.45) is 3.27. The van der Waals surface area contributed by atoms with Gasteiger partial charge in [-0.05, 0) is 45.7 Å². The number of guanidine groups is 1. The summed E-state index contributed by atoms with van der Waals surface area (Å²) in [6, 6.07) is 3.48. The Morgan fingerprint density at radius 1 is 1.54 bits per heavy atom. The zero-order valence-electron chi connectivity index (χ0n) is 15.7. The molecule has 0 aliphatic carbocycles. The molecule has 1 fully saturated rings. The molecule has 2 atom stereocenters. The van der Waals surface area contributed by atoms with Crippen molar-refractivity contribution in [2.45, 2.75) is 39.2 Å². The van der Waals surface area contributed by atoms with Crippen molar-refractivity contribution < 1.29 is 19.1 Å². The largest absolute Gasteiger partial charge is 0.466 e. The fraction of sp³-hybridized carbons (Fsp3) is 0.667.